The molecule has 0 bridgehead atoms. The van der Waals surface area contributed by atoms with Gasteiger partial charge in [0, 0.05) is 18.5 Å². The number of hydrogen-bond acceptors (Lipinski definition) is 7. The molecular weight excluding hydrogens is 378 g/mol. The summed E-state index contributed by atoms with van der Waals surface area (Å²) in [6.45, 7) is 0.793. The van der Waals surface area contributed by atoms with Crippen LogP contribution in [0, 0.1) is 0 Å². The molecule has 1 aliphatic rings. The predicted molar refractivity (Wildman–Crippen MR) is 102 cm³/mol. The van der Waals surface area contributed by atoms with Gasteiger partial charge in [0.1, 0.15) is 0 Å². The van der Waals surface area contributed by atoms with Crippen LogP contribution in [-0.2, 0) is 16.1 Å². The number of nitrogens with zero attached hydrogens (tertiary/aromatic N) is 1. The predicted octanol–water partition coefficient (Wildman–Crippen LogP) is 2.57. The standard InChI is InChI=1S/C21H19NO7/c23-16(14-6-7-18-19(12-14)27-11-3-10-26-18)13-28-20(24)8-9-22-15-4-1-2-5-17(15)29-21(22)25/h1-2,4-7,12H,3,8-11,13H2. The summed E-state index contributed by atoms with van der Waals surface area (Å²) in [5.41, 5.74) is 1.43. The molecule has 8 heteroatoms. The Bertz CT molecular complexity index is 1110. The lowest BCUT2D eigenvalue weighted by molar-refractivity contribution is -0.142. The zero-order valence-electron chi connectivity index (χ0n) is 15.6. The number of Topliss-reactive ketones (excluding diaryl/α,β-unsaturated/α-hetero) is 1. The second-order valence-corrected chi connectivity index (χ2v) is 6.53. The second kappa shape index (κ2) is 8.22. The maximum absolute atomic E-state index is 12.3. The summed E-state index contributed by atoms with van der Waals surface area (Å²) in [7, 11) is 0. The number of ether oxygens (including phenoxy) is 3. The van der Waals surface area contributed by atoms with Gasteiger partial charge in [-0.05, 0) is 30.3 Å². The summed E-state index contributed by atoms with van der Waals surface area (Å²) in [4.78, 5) is 36.3. The molecule has 2 heterocycles. The Morgan fingerprint density at radius 3 is 2.69 bits per heavy atom. The molecular formula is C21H19NO7. The van der Waals surface area contributed by atoms with E-state index in [0.29, 0.717) is 41.4 Å². The van der Waals surface area contributed by atoms with Crippen molar-refractivity contribution < 1.29 is 28.2 Å². The van der Waals surface area contributed by atoms with E-state index < -0.39 is 11.7 Å². The summed E-state index contributed by atoms with van der Waals surface area (Å²) in [5, 5.41) is 0. The van der Waals surface area contributed by atoms with E-state index in [1.807, 2.05) is 0 Å². The largest absolute Gasteiger partial charge is 0.490 e. The fourth-order valence-corrected chi connectivity index (χ4v) is 3.07. The third-order valence-corrected chi connectivity index (χ3v) is 4.55. The summed E-state index contributed by atoms with van der Waals surface area (Å²) in [5.74, 6) is -0.369. The topological polar surface area (TPSA) is 97.0 Å². The number of aromatic nitrogens is 1. The lowest BCUT2D eigenvalue weighted by Gasteiger charge is -2.09. The van der Waals surface area contributed by atoms with Crippen LogP contribution in [0.25, 0.3) is 11.1 Å². The number of para-hydroxylation sites is 2. The number of oxazole rings is 1. The number of hydrogen-bond donors (Lipinski definition) is 0. The molecule has 4 rings (SSSR count). The van der Waals surface area contributed by atoms with Gasteiger partial charge in [-0.2, -0.15) is 0 Å². The highest BCUT2D eigenvalue weighted by atomic mass is 16.5. The molecule has 0 radical (unpaired) electrons. The minimum Gasteiger partial charge on any atom is -0.490 e. The van der Waals surface area contributed by atoms with Gasteiger partial charge in [-0.25, -0.2) is 4.79 Å². The zero-order chi connectivity index (χ0) is 20.2. The smallest absolute Gasteiger partial charge is 0.419 e. The fourth-order valence-electron chi connectivity index (χ4n) is 3.07. The zero-order valence-corrected chi connectivity index (χ0v) is 15.6. The molecule has 29 heavy (non-hydrogen) atoms. The first kappa shape index (κ1) is 18.8. The Morgan fingerprint density at radius 1 is 1.03 bits per heavy atom. The highest BCUT2D eigenvalue weighted by Gasteiger charge is 2.16. The first-order valence-corrected chi connectivity index (χ1v) is 9.28. The molecule has 1 aliphatic heterocycles. The van der Waals surface area contributed by atoms with Gasteiger partial charge >= 0.3 is 11.7 Å². The summed E-state index contributed by atoms with van der Waals surface area (Å²) in [6.07, 6.45) is 0.711. The Hall–Kier alpha value is -3.55. The minimum absolute atomic E-state index is 0.0577. The molecule has 0 atom stereocenters. The summed E-state index contributed by atoms with van der Waals surface area (Å²) in [6, 6.07) is 11.8. The molecule has 0 unspecified atom stereocenters. The quantitative estimate of drug-likeness (QED) is 0.466. The molecule has 0 aliphatic carbocycles. The van der Waals surface area contributed by atoms with E-state index in [4.69, 9.17) is 18.6 Å². The van der Waals surface area contributed by atoms with Gasteiger partial charge in [0.2, 0.25) is 0 Å². The van der Waals surface area contributed by atoms with Gasteiger partial charge in [-0.1, -0.05) is 12.1 Å². The van der Waals surface area contributed by atoms with Crippen molar-refractivity contribution >= 4 is 22.9 Å². The van der Waals surface area contributed by atoms with E-state index in [1.165, 1.54) is 4.57 Å². The summed E-state index contributed by atoms with van der Waals surface area (Å²) >= 11 is 0. The van der Waals surface area contributed by atoms with Crippen LogP contribution in [0.5, 0.6) is 11.5 Å². The third-order valence-electron chi connectivity index (χ3n) is 4.55. The van der Waals surface area contributed by atoms with Crippen molar-refractivity contribution in [1.29, 1.82) is 0 Å². The lowest BCUT2D eigenvalue weighted by Crippen LogP contribution is -2.19. The van der Waals surface area contributed by atoms with Gasteiger partial charge in [0.05, 0.1) is 25.2 Å². The number of aryl methyl sites for hydroxylation is 1. The number of fused-ring (bicyclic) bond motifs is 2. The Balaban J connectivity index is 1.33. The highest BCUT2D eigenvalue weighted by molar-refractivity contribution is 5.98. The van der Waals surface area contributed by atoms with Crippen LogP contribution in [0.2, 0.25) is 0 Å². The van der Waals surface area contributed by atoms with Crippen molar-refractivity contribution in [3.63, 3.8) is 0 Å². The van der Waals surface area contributed by atoms with E-state index in [9.17, 15) is 14.4 Å². The fraction of sp³-hybridized carbons (Fsp3) is 0.286. The van der Waals surface area contributed by atoms with Crippen LogP contribution in [0.1, 0.15) is 23.2 Å². The highest BCUT2D eigenvalue weighted by Crippen LogP contribution is 2.30. The first-order chi connectivity index (χ1) is 14.1. The van der Waals surface area contributed by atoms with Crippen molar-refractivity contribution in [2.24, 2.45) is 0 Å². The van der Waals surface area contributed by atoms with Crippen molar-refractivity contribution in [3.8, 4) is 11.5 Å². The van der Waals surface area contributed by atoms with Gasteiger partial charge in [-0.3, -0.25) is 14.2 Å². The maximum Gasteiger partial charge on any atom is 0.419 e. The van der Waals surface area contributed by atoms with Crippen LogP contribution >= 0.6 is 0 Å². The van der Waals surface area contributed by atoms with Gasteiger partial charge in [0.15, 0.2) is 29.5 Å². The normalized spacial score (nSPS) is 13.1. The number of benzene rings is 2. The Kier molecular flexibility index (Phi) is 5.33. The lowest BCUT2D eigenvalue weighted by atomic mass is 10.1. The van der Waals surface area contributed by atoms with Crippen LogP contribution in [0.3, 0.4) is 0 Å². The van der Waals surface area contributed by atoms with Gasteiger partial charge < -0.3 is 18.6 Å². The van der Waals surface area contributed by atoms with Crippen molar-refractivity contribution in [2.75, 3.05) is 19.8 Å². The van der Waals surface area contributed by atoms with E-state index in [-0.39, 0.29) is 25.4 Å². The van der Waals surface area contributed by atoms with Crippen LogP contribution < -0.4 is 15.2 Å². The number of carbonyl (C=O) groups excluding carboxylic acids is 2. The molecule has 150 valence electrons. The second-order valence-electron chi connectivity index (χ2n) is 6.53. The van der Waals surface area contributed by atoms with E-state index in [1.54, 1.807) is 42.5 Å². The van der Waals surface area contributed by atoms with Crippen LogP contribution in [0.15, 0.2) is 51.7 Å². The molecule has 1 aromatic heterocycles. The first-order valence-electron chi connectivity index (χ1n) is 9.28. The van der Waals surface area contributed by atoms with Crippen LogP contribution in [0.4, 0.5) is 0 Å². The Morgan fingerprint density at radius 2 is 1.83 bits per heavy atom. The molecule has 3 aromatic rings. The molecule has 0 saturated carbocycles. The maximum atomic E-state index is 12.3. The molecule has 0 fully saturated rings. The van der Waals surface area contributed by atoms with Crippen molar-refractivity contribution in [1.82, 2.24) is 4.57 Å². The average Bonchev–Trinajstić information content (AvgIpc) is 2.89. The molecule has 0 spiro atoms. The molecule has 0 N–H and O–H groups in total. The third kappa shape index (κ3) is 4.16. The Labute approximate surface area is 165 Å². The van der Waals surface area contributed by atoms with Crippen molar-refractivity contribution in [2.45, 2.75) is 19.4 Å². The molecule has 0 saturated heterocycles. The number of rotatable bonds is 6. The van der Waals surface area contributed by atoms with Crippen molar-refractivity contribution in [3.05, 3.63) is 58.6 Å². The van der Waals surface area contributed by atoms with Gasteiger partial charge in [0.25, 0.3) is 0 Å². The molecule has 0 amide bonds. The summed E-state index contributed by atoms with van der Waals surface area (Å²) < 4.78 is 22.7. The minimum atomic E-state index is -0.579. The number of ketones is 1. The van der Waals surface area contributed by atoms with Crippen LogP contribution in [-0.4, -0.2) is 36.1 Å². The molecule has 2 aromatic carbocycles. The van der Waals surface area contributed by atoms with Gasteiger partial charge in [-0.15, -0.1) is 0 Å². The monoisotopic (exact) mass is 397 g/mol. The molecule has 8 nitrogen and oxygen atoms in total. The average molecular weight is 397 g/mol. The SMILES string of the molecule is O=C(CCn1c(=O)oc2ccccc21)OCC(=O)c1ccc2c(c1)OCCCO2. The number of esters is 1. The van der Waals surface area contributed by atoms with E-state index >= 15 is 0 Å². The van der Waals surface area contributed by atoms with E-state index in [2.05, 4.69) is 0 Å². The van der Waals surface area contributed by atoms with E-state index in [0.717, 1.165) is 6.42 Å². The number of carbonyl (C=O) groups is 2.